The minimum atomic E-state index is 0.268. The summed E-state index contributed by atoms with van der Waals surface area (Å²) in [6, 6.07) is 16.6. The fraction of sp³-hybridized carbons (Fsp3) is 0.391. The fourth-order valence-corrected chi connectivity index (χ4v) is 3.91. The molecule has 0 radical (unpaired) electrons. The van der Waals surface area contributed by atoms with Crippen molar-refractivity contribution in [3.8, 4) is 11.4 Å². The maximum absolute atomic E-state index is 12.8. The van der Waals surface area contributed by atoms with Crippen molar-refractivity contribution < 1.29 is 4.79 Å². The van der Waals surface area contributed by atoms with Crippen LogP contribution in [-0.4, -0.2) is 33.4 Å². The van der Waals surface area contributed by atoms with Gasteiger partial charge < -0.3 is 9.47 Å². The van der Waals surface area contributed by atoms with E-state index in [9.17, 15) is 4.79 Å². The molecule has 0 saturated carbocycles. The van der Waals surface area contributed by atoms with Crippen molar-refractivity contribution in [3.63, 3.8) is 0 Å². The van der Waals surface area contributed by atoms with Crippen LogP contribution in [0.3, 0.4) is 0 Å². The van der Waals surface area contributed by atoms with Gasteiger partial charge in [0.25, 0.3) is 0 Å². The highest BCUT2D eigenvalue weighted by Crippen LogP contribution is 2.25. The number of carbonyl (C=O) groups is 1. The number of hydrogen-bond acceptors (Lipinski definition) is 2. The zero-order valence-corrected chi connectivity index (χ0v) is 16.0. The van der Waals surface area contributed by atoms with Gasteiger partial charge in [0, 0.05) is 31.6 Å². The minimum absolute atomic E-state index is 0.268. The van der Waals surface area contributed by atoms with Crippen molar-refractivity contribution in [3.05, 3.63) is 54.1 Å². The average Bonchev–Trinajstić information content (AvgIpc) is 2.86. The number of nitrogens with zero attached hydrogens (tertiary/aromatic N) is 3. The Hall–Kier alpha value is -2.62. The lowest BCUT2D eigenvalue weighted by Gasteiger charge is -2.20. The molecule has 4 nitrogen and oxygen atoms in total. The first kappa shape index (κ1) is 17.8. The molecule has 3 aromatic rings. The molecule has 0 spiro atoms. The molecule has 140 valence electrons. The number of carbonyl (C=O) groups excluding carboxylic acids is 1. The molecular formula is C23H27N3O. The number of aromatic nitrogens is 2. The molecule has 1 aliphatic heterocycles. The number of hydrogen-bond donors (Lipinski definition) is 0. The van der Waals surface area contributed by atoms with Crippen LogP contribution in [0.1, 0.15) is 37.7 Å². The Morgan fingerprint density at radius 1 is 0.963 bits per heavy atom. The lowest BCUT2D eigenvalue weighted by molar-refractivity contribution is -0.131. The molecule has 4 rings (SSSR count). The topological polar surface area (TPSA) is 38.1 Å². The second kappa shape index (κ2) is 7.95. The fourth-order valence-electron chi connectivity index (χ4n) is 3.91. The van der Waals surface area contributed by atoms with E-state index in [1.807, 2.05) is 18.2 Å². The van der Waals surface area contributed by atoms with Crippen LogP contribution in [0.5, 0.6) is 0 Å². The summed E-state index contributed by atoms with van der Waals surface area (Å²) < 4.78 is 2.20. The van der Waals surface area contributed by atoms with E-state index in [1.54, 1.807) is 0 Å². The Labute approximate surface area is 160 Å². The molecule has 1 aliphatic rings. The summed E-state index contributed by atoms with van der Waals surface area (Å²) in [5.41, 5.74) is 4.41. The molecule has 0 unspecified atom stereocenters. The smallest absolute Gasteiger partial charge is 0.224 e. The molecule has 0 bridgehead atoms. The standard InChI is InChI=1S/C23H27N3O/c1-18-10-12-19(13-11-18)23-24-20-8-4-5-9-21(20)26(23)17-14-22(27)25-15-6-2-3-7-16-25/h4-5,8-13H,2-3,6-7,14-17H2,1H3. The molecule has 2 aromatic carbocycles. The van der Waals surface area contributed by atoms with Crippen LogP contribution >= 0.6 is 0 Å². The van der Waals surface area contributed by atoms with E-state index in [0.717, 1.165) is 48.4 Å². The number of amides is 1. The second-order valence-electron chi connectivity index (χ2n) is 7.49. The van der Waals surface area contributed by atoms with Crippen molar-refractivity contribution >= 4 is 16.9 Å². The van der Waals surface area contributed by atoms with Crippen molar-refractivity contribution in [1.29, 1.82) is 0 Å². The summed E-state index contributed by atoms with van der Waals surface area (Å²) in [7, 11) is 0. The Morgan fingerprint density at radius 3 is 2.41 bits per heavy atom. The molecule has 1 amide bonds. The first-order valence-corrected chi connectivity index (χ1v) is 10.0. The predicted molar refractivity (Wildman–Crippen MR) is 110 cm³/mol. The predicted octanol–water partition coefficient (Wildman–Crippen LogP) is 4.80. The molecule has 2 heterocycles. The summed E-state index contributed by atoms with van der Waals surface area (Å²) in [5.74, 6) is 1.21. The van der Waals surface area contributed by atoms with Crippen molar-refractivity contribution in [2.24, 2.45) is 0 Å². The SMILES string of the molecule is Cc1ccc(-c2nc3ccccc3n2CCC(=O)N2CCCCCC2)cc1. The third-order valence-corrected chi connectivity index (χ3v) is 5.47. The van der Waals surface area contributed by atoms with E-state index in [0.29, 0.717) is 13.0 Å². The van der Waals surface area contributed by atoms with Crippen LogP contribution in [0.15, 0.2) is 48.5 Å². The first-order valence-electron chi connectivity index (χ1n) is 10.0. The number of fused-ring (bicyclic) bond motifs is 1. The van der Waals surface area contributed by atoms with Gasteiger partial charge in [0.15, 0.2) is 0 Å². The number of rotatable bonds is 4. The minimum Gasteiger partial charge on any atom is -0.343 e. The van der Waals surface area contributed by atoms with Crippen molar-refractivity contribution in [1.82, 2.24) is 14.5 Å². The van der Waals surface area contributed by atoms with Crippen LogP contribution in [0.25, 0.3) is 22.4 Å². The number of para-hydroxylation sites is 2. The Kier molecular flexibility index (Phi) is 5.23. The molecule has 4 heteroatoms. The monoisotopic (exact) mass is 361 g/mol. The lowest BCUT2D eigenvalue weighted by Crippen LogP contribution is -2.32. The number of imidazole rings is 1. The van der Waals surface area contributed by atoms with E-state index < -0.39 is 0 Å². The molecule has 1 saturated heterocycles. The molecule has 1 fully saturated rings. The normalized spacial score (nSPS) is 15.1. The van der Waals surface area contributed by atoms with E-state index >= 15 is 0 Å². The van der Waals surface area contributed by atoms with Crippen LogP contribution in [0, 0.1) is 6.92 Å². The van der Waals surface area contributed by atoms with Gasteiger partial charge >= 0.3 is 0 Å². The number of benzene rings is 2. The number of likely N-dealkylation sites (tertiary alicyclic amines) is 1. The van der Waals surface area contributed by atoms with E-state index in [1.165, 1.54) is 18.4 Å². The molecule has 27 heavy (non-hydrogen) atoms. The largest absolute Gasteiger partial charge is 0.343 e. The van der Waals surface area contributed by atoms with Crippen LogP contribution < -0.4 is 0 Å². The summed E-state index contributed by atoms with van der Waals surface area (Å²) in [5, 5.41) is 0. The Morgan fingerprint density at radius 2 is 1.67 bits per heavy atom. The van der Waals surface area contributed by atoms with E-state index in [2.05, 4.69) is 46.7 Å². The second-order valence-corrected chi connectivity index (χ2v) is 7.49. The van der Waals surface area contributed by atoms with Gasteiger partial charge in [0.2, 0.25) is 5.91 Å². The van der Waals surface area contributed by atoms with E-state index in [4.69, 9.17) is 4.98 Å². The van der Waals surface area contributed by atoms with Gasteiger partial charge in [0.1, 0.15) is 5.82 Å². The average molecular weight is 361 g/mol. The van der Waals surface area contributed by atoms with Gasteiger partial charge in [-0.15, -0.1) is 0 Å². The highest BCUT2D eigenvalue weighted by Gasteiger charge is 2.18. The van der Waals surface area contributed by atoms with Gasteiger partial charge in [-0.1, -0.05) is 54.8 Å². The lowest BCUT2D eigenvalue weighted by atomic mass is 10.1. The van der Waals surface area contributed by atoms with Crippen molar-refractivity contribution in [2.75, 3.05) is 13.1 Å². The summed E-state index contributed by atoms with van der Waals surface area (Å²) in [6.07, 6.45) is 5.28. The van der Waals surface area contributed by atoms with E-state index in [-0.39, 0.29) is 5.91 Å². The zero-order valence-electron chi connectivity index (χ0n) is 16.0. The maximum Gasteiger partial charge on any atom is 0.224 e. The molecule has 0 atom stereocenters. The molecule has 1 aromatic heterocycles. The maximum atomic E-state index is 12.8. The highest BCUT2D eigenvalue weighted by atomic mass is 16.2. The molecular weight excluding hydrogens is 334 g/mol. The molecule has 0 aliphatic carbocycles. The van der Waals surface area contributed by atoms with Gasteiger partial charge in [0.05, 0.1) is 11.0 Å². The summed E-state index contributed by atoms with van der Waals surface area (Å²) in [6.45, 7) is 4.58. The van der Waals surface area contributed by atoms with Gasteiger partial charge in [-0.2, -0.15) is 0 Å². The Bertz CT molecular complexity index is 918. The Balaban J connectivity index is 1.61. The third kappa shape index (κ3) is 3.90. The van der Waals surface area contributed by atoms with Crippen LogP contribution in [-0.2, 0) is 11.3 Å². The summed E-state index contributed by atoms with van der Waals surface area (Å²) >= 11 is 0. The highest BCUT2D eigenvalue weighted by molar-refractivity contribution is 5.81. The zero-order chi connectivity index (χ0) is 18.6. The van der Waals surface area contributed by atoms with Gasteiger partial charge in [-0.3, -0.25) is 4.79 Å². The number of aryl methyl sites for hydroxylation is 2. The third-order valence-electron chi connectivity index (χ3n) is 5.47. The van der Waals surface area contributed by atoms with Crippen molar-refractivity contribution in [2.45, 2.75) is 45.6 Å². The van der Waals surface area contributed by atoms with Gasteiger partial charge in [-0.25, -0.2) is 4.98 Å². The van der Waals surface area contributed by atoms with Crippen LogP contribution in [0.2, 0.25) is 0 Å². The van der Waals surface area contributed by atoms with Gasteiger partial charge in [-0.05, 0) is 31.9 Å². The summed E-state index contributed by atoms with van der Waals surface area (Å²) in [4.78, 5) is 19.7. The first-order chi connectivity index (χ1) is 13.2. The molecule has 0 N–H and O–H groups in total. The quantitative estimate of drug-likeness (QED) is 0.669. The van der Waals surface area contributed by atoms with Crippen LogP contribution in [0.4, 0.5) is 0 Å².